The Morgan fingerprint density at radius 1 is 0.696 bits per heavy atom. The number of aldehydes is 1. The summed E-state index contributed by atoms with van der Waals surface area (Å²) in [4.78, 5) is 82.3. The average Bonchev–Trinajstić information content (AvgIpc) is 2.17. The van der Waals surface area contributed by atoms with Gasteiger partial charge in [-0.15, -0.1) is 0 Å². The van der Waals surface area contributed by atoms with Gasteiger partial charge in [-0.1, -0.05) is 0 Å². The molecule has 138 valence electrons. The number of carbonyl (C=O) groups excluding carboxylic acids is 1. The van der Waals surface area contributed by atoms with Gasteiger partial charge in [0.1, 0.15) is 6.29 Å². The second-order valence-electron chi connectivity index (χ2n) is 4.24. The molecule has 0 saturated heterocycles. The summed E-state index contributed by atoms with van der Waals surface area (Å²) in [5.74, 6) is 0. The van der Waals surface area contributed by atoms with Crippen molar-refractivity contribution in [3.63, 3.8) is 0 Å². The van der Waals surface area contributed by atoms with Crippen LogP contribution in [0, 0.1) is 0 Å². The zero-order valence-corrected chi connectivity index (χ0v) is 14.6. The summed E-state index contributed by atoms with van der Waals surface area (Å²) in [6.07, 6.45) is -0.715. The molecule has 14 nitrogen and oxygen atoms in total. The molecule has 23 heavy (non-hydrogen) atoms. The first-order chi connectivity index (χ1) is 9.94. The first-order valence-corrected chi connectivity index (χ1v) is 12.1. The second kappa shape index (κ2) is 7.63. The fourth-order valence-corrected chi connectivity index (χ4v) is 7.81. The molecule has 0 aliphatic rings. The van der Waals surface area contributed by atoms with Gasteiger partial charge >= 0.3 is 30.4 Å². The SMILES string of the molecule is O=CCCN(C(P(=O)(O)O)P(=O)(O)O)C(P(=O)(O)O)P(=O)(O)O. The number of hydrogen-bond acceptors (Lipinski definition) is 6. The van der Waals surface area contributed by atoms with E-state index in [4.69, 9.17) is 39.1 Å². The molecule has 0 fully saturated rings. The summed E-state index contributed by atoms with van der Waals surface area (Å²) in [6.45, 7) is -1.13. The molecule has 0 rings (SSSR count). The molecular formula is C5H15NO13P4. The Balaban J connectivity index is 6.44. The van der Waals surface area contributed by atoms with Crippen LogP contribution in [0.3, 0.4) is 0 Å². The van der Waals surface area contributed by atoms with Gasteiger partial charge in [-0.05, 0) is 0 Å². The van der Waals surface area contributed by atoms with E-state index < -0.39 is 59.3 Å². The highest BCUT2D eigenvalue weighted by molar-refractivity contribution is 7.72. The van der Waals surface area contributed by atoms with Crippen molar-refractivity contribution in [3.8, 4) is 0 Å². The normalized spacial score (nSPS) is 14.7. The molecule has 0 atom stereocenters. The highest BCUT2D eigenvalue weighted by Gasteiger charge is 2.58. The minimum Gasteiger partial charge on any atom is -0.323 e. The van der Waals surface area contributed by atoms with Crippen molar-refractivity contribution in [2.24, 2.45) is 0 Å². The van der Waals surface area contributed by atoms with Crippen LogP contribution in [0.1, 0.15) is 6.42 Å². The fourth-order valence-electron chi connectivity index (χ4n) is 1.72. The van der Waals surface area contributed by atoms with Gasteiger partial charge in [-0.3, -0.25) is 23.2 Å². The summed E-state index contributed by atoms with van der Waals surface area (Å²) in [5, 5.41) is 0. The molecule has 0 aliphatic carbocycles. The summed E-state index contributed by atoms with van der Waals surface area (Å²) in [5.41, 5.74) is -6.50. The first kappa shape index (κ1) is 23.2. The van der Waals surface area contributed by atoms with Gasteiger partial charge in [0.15, 0.2) is 0 Å². The first-order valence-electron chi connectivity index (χ1n) is 5.34. The van der Waals surface area contributed by atoms with Crippen molar-refractivity contribution in [1.29, 1.82) is 0 Å². The van der Waals surface area contributed by atoms with Gasteiger partial charge in [0.2, 0.25) is 11.0 Å². The fraction of sp³-hybridized carbons (Fsp3) is 0.800. The van der Waals surface area contributed by atoms with Crippen molar-refractivity contribution in [3.05, 3.63) is 0 Å². The van der Waals surface area contributed by atoms with E-state index in [9.17, 15) is 23.1 Å². The Morgan fingerprint density at radius 3 is 1.13 bits per heavy atom. The largest absolute Gasteiger partial charge is 0.355 e. The maximum absolute atomic E-state index is 11.3. The average molecular weight is 421 g/mol. The van der Waals surface area contributed by atoms with E-state index in [1.54, 1.807) is 0 Å². The van der Waals surface area contributed by atoms with Gasteiger partial charge in [-0.2, -0.15) is 0 Å². The van der Waals surface area contributed by atoms with Crippen LogP contribution in [0.4, 0.5) is 0 Å². The Morgan fingerprint density at radius 2 is 0.957 bits per heavy atom. The molecule has 0 aromatic heterocycles. The van der Waals surface area contributed by atoms with Crippen LogP contribution < -0.4 is 0 Å². The molecule has 0 bridgehead atoms. The number of hydrogen-bond donors (Lipinski definition) is 8. The molecule has 0 spiro atoms. The van der Waals surface area contributed by atoms with Crippen molar-refractivity contribution in [1.82, 2.24) is 4.90 Å². The maximum Gasteiger partial charge on any atom is 0.355 e. The topological polar surface area (TPSA) is 250 Å². The third-order valence-corrected chi connectivity index (χ3v) is 9.51. The summed E-state index contributed by atoms with van der Waals surface area (Å²) in [7, 11) is -23.3. The molecule has 0 amide bonds. The second-order valence-corrected chi connectivity index (χ2v) is 11.7. The van der Waals surface area contributed by atoms with Gasteiger partial charge in [-0.25, -0.2) is 0 Å². The zero-order chi connectivity index (χ0) is 18.9. The van der Waals surface area contributed by atoms with Crippen LogP contribution in [0.2, 0.25) is 0 Å². The van der Waals surface area contributed by atoms with Crippen LogP contribution >= 0.6 is 30.4 Å². The molecule has 0 aliphatic heterocycles. The molecular weight excluding hydrogens is 406 g/mol. The van der Waals surface area contributed by atoms with Crippen LogP contribution in [0.15, 0.2) is 0 Å². The Kier molecular flexibility index (Phi) is 7.71. The number of nitrogens with zero attached hydrogens (tertiary/aromatic N) is 1. The van der Waals surface area contributed by atoms with Crippen molar-refractivity contribution >= 4 is 36.7 Å². The minimum absolute atomic E-state index is 0.0554. The van der Waals surface area contributed by atoms with Gasteiger partial charge in [0.25, 0.3) is 0 Å². The van der Waals surface area contributed by atoms with Gasteiger partial charge < -0.3 is 43.9 Å². The van der Waals surface area contributed by atoms with Gasteiger partial charge in [0, 0.05) is 13.0 Å². The minimum atomic E-state index is -5.83. The van der Waals surface area contributed by atoms with E-state index in [-0.39, 0.29) is 6.29 Å². The summed E-state index contributed by atoms with van der Waals surface area (Å²) in [6, 6.07) is 0. The van der Waals surface area contributed by atoms with E-state index in [0.717, 1.165) is 0 Å². The van der Waals surface area contributed by atoms with Gasteiger partial charge in [0.05, 0.1) is 0 Å². The predicted molar refractivity (Wildman–Crippen MR) is 73.1 cm³/mol. The van der Waals surface area contributed by atoms with E-state index in [1.165, 1.54) is 0 Å². The van der Waals surface area contributed by atoms with Crippen molar-refractivity contribution in [2.75, 3.05) is 6.54 Å². The lowest BCUT2D eigenvalue weighted by Crippen LogP contribution is -2.43. The standard InChI is InChI=1S/C5H15NO13P4/c7-3-1-2-6(4(20(8,9)10)21(11,12)13)5(22(14,15)16)23(17,18)19/h3-5H,1-2H2,(H2,8,9,10)(H2,11,12,13)(H2,14,15,16)(H2,17,18,19). The number of carbonyl (C=O) groups is 1. The summed E-state index contributed by atoms with van der Waals surface area (Å²) >= 11 is 0. The highest BCUT2D eigenvalue weighted by atomic mass is 31.2. The molecule has 8 N–H and O–H groups in total. The maximum atomic E-state index is 11.3. The smallest absolute Gasteiger partial charge is 0.323 e. The highest BCUT2D eigenvalue weighted by Crippen LogP contribution is 2.68. The Bertz CT molecular complexity index is 516. The molecule has 0 aromatic rings. The van der Waals surface area contributed by atoms with Crippen LogP contribution in [-0.4, -0.2) is 67.9 Å². The zero-order valence-electron chi connectivity index (χ0n) is 11.0. The van der Waals surface area contributed by atoms with E-state index in [0.29, 0.717) is 0 Å². The van der Waals surface area contributed by atoms with E-state index >= 15 is 0 Å². The summed E-state index contributed by atoms with van der Waals surface area (Å²) < 4.78 is 45.2. The predicted octanol–water partition coefficient (Wildman–Crippen LogP) is -1.84. The Labute approximate surface area is 128 Å². The molecule has 18 heteroatoms. The molecule has 0 saturated carbocycles. The van der Waals surface area contributed by atoms with Crippen molar-refractivity contribution in [2.45, 2.75) is 17.5 Å². The lowest BCUT2D eigenvalue weighted by molar-refractivity contribution is -0.108. The third-order valence-electron chi connectivity index (χ3n) is 2.30. The third kappa shape index (κ3) is 6.93. The molecule has 0 unspecified atom stereocenters. The number of rotatable bonds is 9. The van der Waals surface area contributed by atoms with Crippen LogP contribution in [-0.2, 0) is 23.1 Å². The molecule has 0 radical (unpaired) electrons. The van der Waals surface area contributed by atoms with E-state index in [1.807, 2.05) is 0 Å². The van der Waals surface area contributed by atoms with Crippen LogP contribution in [0.5, 0.6) is 0 Å². The Hall–Kier alpha value is 0.230. The molecule has 0 heterocycles. The molecule has 0 aromatic carbocycles. The van der Waals surface area contributed by atoms with E-state index in [2.05, 4.69) is 0 Å². The quantitative estimate of drug-likeness (QED) is 0.150. The van der Waals surface area contributed by atoms with Crippen molar-refractivity contribution < 1.29 is 62.2 Å². The van der Waals surface area contributed by atoms with Crippen LogP contribution in [0.25, 0.3) is 0 Å². The lowest BCUT2D eigenvalue weighted by atomic mass is 10.4. The lowest BCUT2D eigenvalue weighted by Gasteiger charge is -2.37. The monoisotopic (exact) mass is 421 g/mol.